The van der Waals surface area contributed by atoms with Crippen LogP contribution in [0.2, 0.25) is 0 Å². The van der Waals surface area contributed by atoms with Crippen LogP contribution in [-0.2, 0) is 6.42 Å². The van der Waals surface area contributed by atoms with Crippen molar-refractivity contribution in [1.29, 1.82) is 0 Å². The van der Waals surface area contributed by atoms with Crippen LogP contribution in [0.25, 0.3) is 44.4 Å². The minimum absolute atomic E-state index is 0.271. The third-order valence-corrected chi connectivity index (χ3v) is 10.6. The van der Waals surface area contributed by atoms with Gasteiger partial charge in [-0.1, -0.05) is 51.5 Å². The minimum Gasteiger partial charge on any atom is -0.457 e. The van der Waals surface area contributed by atoms with Gasteiger partial charge >= 0.3 is 0 Å². The van der Waals surface area contributed by atoms with Crippen LogP contribution in [0.4, 0.5) is 0 Å². The summed E-state index contributed by atoms with van der Waals surface area (Å²) < 4.78 is 11.1. The van der Waals surface area contributed by atoms with Crippen LogP contribution in [0.15, 0.2) is 85.1 Å². The second kappa shape index (κ2) is 13.3. The number of pyridine rings is 1. The van der Waals surface area contributed by atoms with Crippen LogP contribution in [0, 0.1) is 41.5 Å². The molecule has 50 heavy (non-hydrogen) atoms. The molecule has 254 valence electrons. The molecule has 0 aliphatic rings. The zero-order chi connectivity index (χ0) is 35.3. The summed E-state index contributed by atoms with van der Waals surface area (Å²) in [5.41, 5.74) is 16.3. The van der Waals surface area contributed by atoms with Crippen molar-refractivity contribution in [3.8, 4) is 34.1 Å². The van der Waals surface area contributed by atoms with E-state index in [1.807, 2.05) is 18.3 Å². The highest BCUT2D eigenvalue weighted by Gasteiger charge is 2.26. The van der Waals surface area contributed by atoms with Gasteiger partial charge in [0.15, 0.2) is 0 Å². The molecule has 5 nitrogen and oxygen atoms in total. The van der Waals surface area contributed by atoms with Gasteiger partial charge in [-0.25, -0.2) is 9.67 Å². The highest BCUT2D eigenvalue weighted by molar-refractivity contribution is 6.09. The smallest absolute Gasteiger partial charge is 0.137 e. The molecule has 3 heterocycles. The van der Waals surface area contributed by atoms with Gasteiger partial charge in [-0.15, -0.1) is 0 Å². The average molecular weight is 661 g/mol. The predicted octanol–water partition coefficient (Wildman–Crippen LogP) is 12.1. The predicted molar refractivity (Wildman–Crippen MR) is 209 cm³/mol. The first-order valence-electron chi connectivity index (χ1n) is 18.0. The molecule has 0 saturated heterocycles. The Hall–Kier alpha value is -5.16. The van der Waals surface area contributed by atoms with E-state index in [-0.39, 0.29) is 5.92 Å². The molecule has 0 aliphatic heterocycles. The number of para-hydroxylation sites is 1. The number of hydrogen-bond donors (Lipinski definition) is 0. The Labute approximate surface area is 296 Å². The fraction of sp³-hybridized carbons (Fsp3) is 0.289. The summed E-state index contributed by atoms with van der Waals surface area (Å²) in [6, 6.07) is 27.4. The van der Waals surface area contributed by atoms with Gasteiger partial charge in [0.05, 0.1) is 28.1 Å². The van der Waals surface area contributed by atoms with Crippen LogP contribution < -0.4 is 4.74 Å². The van der Waals surface area contributed by atoms with Gasteiger partial charge in [-0.3, -0.25) is 4.57 Å². The molecule has 0 N–H and O–H groups in total. The second-order valence-electron chi connectivity index (χ2n) is 14.2. The first kappa shape index (κ1) is 33.3. The molecule has 0 atom stereocenters. The number of fused-ring (bicyclic) bond motifs is 3. The maximum atomic E-state index is 6.66. The van der Waals surface area contributed by atoms with Crippen LogP contribution >= 0.6 is 0 Å². The molecular formula is C45H48N4O. The lowest BCUT2D eigenvalue weighted by Crippen LogP contribution is -2.05. The van der Waals surface area contributed by atoms with Gasteiger partial charge in [-0.05, 0) is 142 Å². The molecule has 0 bridgehead atoms. The first-order valence-corrected chi connectivity index (χ1v) is 18.0. The molecule has 0 saturated carbocycles. The summed E-state index contributed by atoms with van der Waals surface area (Å²) in [6.07, 6.45) is 5.04. The van der Waals surface area contributed by atoms with E-state index < -0.39 is 0 Å². The zero-order valence-corrected chi connectivity index (χ0v) is 31.0. The highest BCUT2D eigenvalue weighted by Crippen LogP contribution is 2.42. The van der Waals surface area contributed by atoms with Crippen molar-refractivity contribution in [2.45, 2.75) is 87.5 Å². The second-order valence-corrected chi connectivity index (χ2v) is 14.2. The van der Waals surface area contributed by atoms with Crippen molar-refractivity contribution in [3.05, 3.63) is 130 Å². The summed E-state index contributed by atoms with van der Waals surface area (Å²) in [5, 5.41) is 7.75. The average Bonchev–Trinajstić information content (AvgIpc) is 3.65. The molecule has 3 aromatic heterocycles. The Morgan fingerprint density at radius 2 is 1.38 bits per heavy atom. The van der Waals surface area contributed by atoms with Crippen molar-refractivity contribution < 1.29 is 4.74 Å². The van der Waals surface area contributed by atoms with Gasteiger partial charge in [0.2, 0.25) is 0 Å². The first-order chi connectivity index (χ1) is 24.1. The van der Waals surface area contributed by atoms with E-state index >= 15 is 0 Å². The largest absolute Gasteiger partial charge is 0.457 e. The third-order valence-electron chi connectivity index (χ3n) is 10.6. The van der Waals surface area contributed by atoms with Gasteiger partial charge in [-0.2, -0.15) is 5.10 Å². The number of nitrogens with zero attached hydrogens (tertiary/aromatic N) is 4. The fourth-order valence-electron chi connectivity index (χ4n) is 7.53. The molecule has 0 spiro atoms. The SMILES string of the molecule is CCCCc1c(-c2c(C)c(C)c(C)c(C)c2C)c(C(C)C)nn1-c1cccc(Oc2ccc3c4ccccc4n(-c4cc(C)ccn4)c3c2)c1. The van der Waals surface area contributed by atoms with E-state index in [1.165, 1.54) is 61.0 Å². The Morgan fingerprint density at radius 1 is 0.680 bits per heavy atom. The summed E-state index contributed by atoms with van der Waals surface area (Å²) in [6.45, 7) is 20.2. The molecule has 0 fully saturated rings. The lowest BCUT2D eigenvalue weighted by atomic mass is 9.83. The molecule has 0 aliphatic carbocycles. The van der Waals surface area contributed by atoms with Gasteiger partial charge < -0.3 is 4.74 Å². The van der Waals surface area contributed by atoms with E-state index in [9.17, 15) is 0 Å². The van der Waals surface area contributed by atoms with Crippen LogP contribution in [0.3, 0.4) is 0 Å². The topological polar surface area (TPSA) is 44.9 Å². The fourth-order valence-corrected chi connectivity index (χ4v) is 7.53. The zero-order valence-electron chi connectivity index (χ0n) is 31.0. The number of rotatable bonds is 9. The summed E-state index contributed by atoms with van der Waals surface area (Å²) in [4.78, 5) is 4.75. The van der Waals surface area contributed by atoms with Gasteiger partial charge in [0.25, 0.3) is 0 Å². The molecule has 5 heteroatoms. The Morgan fingerprint density at radius 3 is 2.10 bits per heavy atom. The maximum absolute atomic E-state index is 6.66. The van der Waals surface area contributed by atoms with Gasteiger partial charge in [0.1, 0.15) is 17.3 Å². The number of aromatic nitrogens is 4. The van der Waals surface area contributed by atoms with E-state index in [1.54, 1.807) is 0 Å². The molecule has 0 radical (unpaired) electrons. The van der Waals surface area contributed by atoms with Crippen molar-refractivity contribution in [3.63, 3.8) is 0 Å². The van der Waals surface area contributed by atoms with E-state index in [0.29, 0.717) is 0 Å². The number of unbranched alkanes of at least 4 members (excludes halogenated alkanes) is 1. The van der Waals surface area contributed by atoms with Crippen molar-refractivity contribution in [2.75, 3.05) is 0 Å². The molecule has 7 aromatic rings. The monoisotopic (exact) mass is 660 g/mol. The minimum atomic E-state index is 0.271. The maximum Gasteiger partial charge on any atom is 0.137 e. The quantitative estimate of drug-likeness (QED) is 0.155. The van der Waals surface area contributed by atoms with E-state index in [0.717, 1.165) is 59.0 Å². The number of aryl methyl sites for hydroxylation is 1. The summed E-state index contributed by atoms with van der Waals surface area (Å²) >= 11 is 0. The highest BCUT2D eigenvalue weighted by atomic mass is 16.5. The van der Waals surface area contributed by atoms with Crippen molar-refractivity contribution >= 4 is 21.8 Å². The van der Waals surface area contributed by atoms with Crippen LogP contribution in [0.5, 0.6) is 11.5 Å². The lowest BCUT2D eigenvalue weighted by molar-refractivity contribution is 0.482. The molecular weight excluding hydrogens is 613 g/mol. The third kappa shape index (κ3) is 5.69. The van der Waals surface area contributed by atoms with Gasteiger partial charge in [0, 0.05) is 34.7 Å². The van der Waals surface area contributed by atoms with E-state index in [2.05, 4.69) is 138 Å². The molecule has 0 unspecified atom stereocenters. The van der Waals surface area contributed by atoms with Crippen LogP contribution in [0.1, 0.15) is 84.3 Å². The molecule has 7 rings (SSSR count). The molecule has 0 amide bonds. The summed E-state index contributed by atoms with van der Waals surface area (Å²) in [5.74, 6) is 2.72. The normalized spacial score (nSPS) is 11.7. The van der Waals surface area contributed by atoms with E-state index in [4.69, 9.17) is 14.8 Å². The Balaban J connectivity index is 1.35. The molecule has 4 aromatic carbocycles. The number of ether oxygens (including phenoxy) is 1. The Kier molecular flexibility index (Phi) is 8.86. The van der Waals surface area contributed by atoms with Crippen molar-refractivity contribution in [2.24, 2.45) is 0 Å². The lowest BCUT2D eigenvalue weighted by Gasteiger charge is -2.21. The number of hydrogen-bond acceptors (Lipinski definition) is 3. The van der Waals surface area contributed by atoms with Crippen molar-refractivity contribution in [1.82, 2.24) is 19.3 Å². The Bertz CT molecular complexity index is 2360. The standard InChI is InChI=1S/C45H48N4O/c1-10-11-18-40-44(43-32(8)30(6)29(5)31(7)33(43)9)45(27(2)3)47-49(40)34-15-14-16-35(25-34)50-36-20-21-38-37-17-12-13-19-39(37)48(41(38)26-36)42-24-28(4)22-23-46-42/h12-17,19-27H,10-11,18H2,1-9H3. The number of benzene rings is 4. The van der Waals surface area contributed by atoms with Crippen LogP contribution in [-0.4, -0.2) is 19.3 Å². The summed E-state index contributed by atoms with van der Waals surface area (Å²) in [7, 11) is 0.